The van der Waals surface area contributed by atoms with Crippen molar-refractivity contribution in [1.29, 1.82) is 0 Å². The number of aromatic nitrogens is 1. The molecule has 3 nitrogen and oxygen atoms in total. The van der Waals surface area contributed by atoms with E-state index in [0.29, 0.717) is 20.3 Å². The molecule has 3 aromatic rings. The minimum atomic E-state index is -0.607. The summed E-state index contributed by atoms with van der Waals surface area (Å²) in [4.78, 5) is 25.6. The Morgan fingerprint density at radius 1 is 1.07 bits per heavy atom. The van der Waals surface area contributed by atoms with Crippen LogP contribution in [0.2, 0.25) is 0 Å². The third kappa shape index (κ3) is 4.95. The van der Waals surface area contributed by atoms with Gasteiger partial charge in [-0.05, 0) is 29.8 Å². The van der Waals surface area contributed by atoms with E-state index in [4.69, 9.17) is 0 Å². The standard InChI is InChI=1S/C23H21F2NO2S/c1-23(2,3)20(27)13-21-26(14-16-6-4-5-7-18(16)25)22(28)19(29-21)12-15-8-10-17(24)11-9-15/h4-13H,14H2,1-3H3/b19-12+,21-13-. The second-order valence-electron chi connectivity index (χ2n) is 7.74. The number of Topliss-reactive ketones (excluding diaryl/α,β-unsaturated/α-hetero) is 1. The van der Waals surface area contributed by atoms with Crippen molar-refractivity contribution in [2.75, 3.05) is 0 Å². The van der Waals surface area contributed by atoms with Crippen molar-refractivity contribution in [1.82, 2.24) is 4.57 Å². The van der Waals surface area contributed by atoms with E-state index in [0.717, 1.165) is 11.3 Å². The molecule has 29 heavy (non-hydrogen) atoms. The minimum absolute atomic E-state index is 0.0164. The molecule has 0 bridgehead atoms. The molecule has 0 amide bonds. The fourth-order valence-electron chi connectivity index (χ4n) is 2.63. The van der Waals surface area contributed by atoms with Crippen LogP contribution in [0.5, 0.6) is 0 Å². The van der Waals surface area contributed by atoms with Gasteiger partial charge in [0.1, 0.15) is 16.3 Å². The number of nitrogens with zero attached hydrogens (tertiary/aromatic N) is 1. The number of carbonyl (C=O) groups is 1. The molecule has 0 aliphatic carbocycles. The number of carbonyl (C=O) groups excluding carboxylic acids is 1. The molecular formula is C23H21F2NO2S. The Morgan fingerprint density at radius 2 is 1.72 bits per heavy atom. The lowest BCUT2D eigenvalue weighted by molar-refractivity contribution is -0.120. The molecule has 0 aliphatic heterocycles. The Balaban J connectivity index is 2.19. The summed E-state index contributed by atoms with van der Waals surface area (Å²) in [6.07, 6.45) is 3.08. The number of rotatable bonds is 4. The van der Waals surface area contributed by atoms with E-state index in [1.165, 1.54) is 28.8 Å². The van der Waals surface area contributed by atoms with Crippen LogP contribution in [0.25, 0.3) is 12.2 Å². The zero-order chi connectivity index (χ0) is 21.2. The number of hydrogen-bond donors (Lipinski definition) is 0. The molecule has 0 atom stereocenters. The first-order valence-electron chi connectivity index (χ1n) is 9.11. The van der Waals surface area contributed by atoms with Gasteiger partial charge < -0.3 is 0 Å². The highest BCUT2D eigenvalue weighted by molar-refractivity contribution is 7.07. The maximum absolute atomic E-state index is 14.1. The summed E-state index contributed by atoms with van der Waals surface area (Å²) in [6.45, 7) is 5.40. The molecular weight excluding hydrogens is 392 g/mol. The molecule has 1 aromatic heterocycles. The van der Waals surface area contributed by atoms with Crippen LogP contribution in [-0.2, 0) is 11.3 Å². The summed E-state index contributed by atoms with van der Waals surface area (Å²) in [7, 11) is 0. The Bertz CT molecular complexity index is 1220. The molecule has 0 fully saturated rings. The van der Waals surface area contributed by atoms with Crippen LogP contribution in [0.15, 0.2) is 53.3 Å². The van der Waals surface area contributed by atoms with Crippen LogP contribution in [0.3, 0.4) is 0 Å². The summed E-state index contributed by atoms with van der Waals surface area (Å²) in [5.74, 6) is -0.910. The monoisotopic (exact) mass is 413 g/mol. The lowest BCUT2D eigenvalue weighted by Gasteiger charge is -2.13. The molecule has 0 aliphatic rings. The third-order valence-electron chi connectivity index (χ3n) is 4.38. The van der Waals surface area contributed by atoms with Gasteiger partial charge in [-0.15, -0.1) is 11.3 Å². The van der Waals surface area contributed by atoms with Gasteiger partial charge in [-0.25, -0.2) is 8.78 Å². The van der Waals surface area contributed by atoms with Crippen molar-refractivity contribution >= 4 is 29.3 Å². The highest BCUT2D eigenvalue weighted by Crippen LogP contribution is 2.15. The molecule has 3 rings (SSSR count). The van der Waals surface area contributed by atoms with E-state index in [1.807, 2.05) is 0 Å². The van der Waals surface area contributed by atoms with E-state index in [9.17, 15) is 18.4 Å². The zero-order valence-electron chi connectivity index (χ0n) is 16.4. The first kappa shape index (κ1) is 20.9. The van der Waals surface area contributed by atoms with Crippen LogP contribution in [0, 0.1) is 17.0 Å². The van der Waals surface area contributed by atoms with Gasteiger partial charge in [0.05, 0.1) is 11.1 Å². The molecule has 0 saturated heterocycles. The SMILES string of the molecule is CC(C)(C)C(=O)/C=c1\s/c(=C/c2ccc(F)cc2)c(=O)n1Cc1ccccc1F. The van der Waals surface area contributed by atoms with Crippen molar-refractivity contribution in [3.63, 3.8) is 0 Å². The Morgan fingerprint density at radius 3 is 2.34 bits per heavy atom. The smallest absolute Gasteiger partial charge is 0.269 e. The van der Waals surface area contributed by atoms with Gasteiger partial charge in [0.25, 0.3) is 5.56 Å². The summed E-state index contributed by atoms with van der Waals surface area (Å²) >= 11 is 1.16. The number of benzene rings is 2. The Labute approximate surface area is 171 Å². The highest BCUT2D eigenvalue weighted by Gasteiger charge is 2.19. The van der Waals surface area contributed by atoms with Crippen molar-refractivity contribution in [2.24, 2.45) is 5.41 Å². The average molecular weight is 413 g/mol. The van der Waals surface area contributed by atoms with Gasteiger partial charge in [0, 0.05) is 17.1 Å². The first-order valence-corrected chi connectivity index (χ1v) is 9.93. The first-order chi connectivity index (χ1) is 13.6. The maximum atomic E-state index is 14.1. The van der Waals surface area contributed by atoms with Gasteiger partial charge in [0.15, 0.2) is 5.78 Å². The van der Waals surface area contributed by atoms with Crippen molar-refractivity contribution in [3.8, 4) is 0 Å². The molecule has 0 spiro atoms. The van der Waals surface area contributed by atoms with Crippen molar-refractivity contribution in [3.05, 3.63) is 90.8 Å². The highest BCUT2D eigenvalue weighted by atomic mass is 32.1. The lowest BCUT2D eigenvalue weighted by Crippen LogP contribution is -2.33. The number of hydrogen-bond acceptors (Lipinski definition) is 3. The van der Waals surface area contributed by atoms with E-state index >= 15 is 0 Å². The van der Waals surface area contributed by atoms with Gasteiger partial charge in [-0.2, -0.15) is 0 Å². The minimum Gasteiger partial charge on any atom is -0.294 e. The normalized spacial score (nSPS) is 13.1. The molecule has 2 aromatic carbocycles. The second-order valence-corrected chi connectivity index (χ2v) is 8.80. The van der Waals surface area contributed by atoms with E-state index in [1.54, 1.807) is 57.2 Å². The summed E-state index contributed by atoms with van der Waals surface area (Å²) in [5.41, 5.74) is 0.0922. The van der Waals surface area contributed by atoms with E-state index < -0.39 is 11.2 Å². The molecule has 6 heteroatoms. The molecule has 0 N–H and O–H groups in total. The largest absolute Gasteiger partial charge is 0.294 e. The summed E-state index contributed by atoms with van der Waals surface area (Å²) in [5, 5.41) is 0. The Hall–Kier alpha value is -2.86. The molecule has 0 radical (unpaired) electrons. The number of halogens is 2. The maximum Gasteiger partial charge on any atom is 0.269 e. The van der Waals surface area contributed by atoms with Crippen LogP contribution < -0.4 is 14.8 Å². The Kier molecular flexibility index (Phi) is 5.94. The van der Waals surface area contributed by atoms with Gasteiger partial charge in [0.2, 0.25) is 0 Å². The predicted molar refractivity (Wildman–Crippen MR) is 112 cm³/mol. The van der Waals surface area contributed by atoms with Crippen LogP contribution in [0.1, 0.15) is 31.9 Å². The van der Waals surface area contributed by atoms with E-state index in [-0.39, 0.29) is 23.7 Å². The van der Waals surface area contributed by atoms with Gasteiger partial charge in [-0.3, -0.25) is 14.2 Å². The summed E-state index contributed by atoms with van der Waals surface area (Å²) < 4.78 is 29.5. The predicted octanol–water partition coefficient (Wildman–Crippen LogP) is 3.46. The number of thiazole rings is 1. The average Bonchev–Trinajstić information content (AvgIpc) is 2.93. The quantitative estimate of drug-likeness (QED) is 0.657. The fourth-order valence-corrected chi connectivity index (χ4v) is 3.67. The zero-order valence-corrected chi connectivity index (χ0v) is 17.2. The van der Waals surface area contributed by atoms with Crippen LogP contribution in [0.4, 0.5) is 8.78 Å². The summed E-state index contributed by atoms with van der Waals surface area (Å²) in [6, 6.07) is 12.0. The number of ketones is 1. The molecule has 1 heterocycles. The van der Waals surface area contributed by atoms with E-state index in [2.05, 4.69) is 0 Å². The lowest BCUT2D eigenvalue weighted by atomic mass is 9.91. The van der Waals surface area contributed by atoms with Crippen molar-refractivity contribution < 1.29 is 13.6 Å². The molecule has 150 valence electrons. The third-order valence-corrected chi connectivity index (χ3v) is 5.44. The van der Waals surface area contributed by atoms with Crippen molar-refractivity contribution in [2.45, 2.75) is 27.3 Å². The fraction of sp³-hybridized carbons (Fsp3) is 0.217. The van der Waals surface area contributed by atoms with Gasteiger partial charge in [-0.1, -0.05) is 51.1 Å². The molecule has 0 unspecified atom stereocenters. The topological polar surface area (TPSA) is 39.1 Å². The second kappa shape index (κ2) is 8.25. The van der Waals surface area contributed by atoms with Gasteiger partial charge >= 0.3 is 0 Å². The van der Waals surface area contributed by atoms with Crippen LogP contribution >= 0.6 is 11.3 Å². The van der Waals surface area contributed by atoms with Crippen LogP contribution in [-0.4, -0.2) is 10.4 Å². The molecule has 0 saturated carbocycles.